The molecule has 0 aliphatic heterocycles. The molecule has 0 bridgehead atoms. The van der Waals surface area contributed by atoms with Crippen LogP contribution in [0.2, 0.25) is 0 Å². The normalized spacial score (nSPS) is 14.4. The zero-order valence-corrected chi connectivity index (χ0v) is 14.5. The van der Waals surface area contributed by atoms with Gasteiger partial charge in [0.25, 0.3) is 0 Å². The molecule has 0 fully saturated rings. The third-order valence-corrected chi connectivity index (χ3v) is 4.27. The second kappa shape index (κ2) is 8.92. The minimum Gasteiger partial charge on any atom is -0.371 e. The molecule has 2 unspecified atom stereocenters. The van der Waals surface area contributed by atoms with Gasteiger partial charge in [0, 0.05) is 18.8 Å². The van der Waals surface area contributed by atoms with E-state index in [1.807, 2.05) is 0 Å². The van der Waals surface area contributed by atoms with E-state index < -0.39 is 0 Å². The van der Waals surface area contributed by atoms with Crippen molar-refractivity contribution in [1.82, 2.24) is 0 Å². The van der Waals surface area contributed by atoms with Gasteiger partial charge in [-0.3, -0.25) is 0 Å². The average Bonchev–Trinajstić information content (AvgIpc) is 2.50. The van der Waals surface area contributed by atoms with Crippen molar-refractivity contribution in [2.75, 3.05) is 18.0 Å². The van der Waals surface area contributed by atoms with Crippen LogP contribution in [0.4, 0.5) is 5.69 Å². The van der Waals surface area contributed by atoms with E-state index in [1.165, 1.54) is 23.2 Å². The molecule has 1 aromatic carbocycles. The number of anilines is 1. The molecule has 21 heavy (non-hydrogen) atoms. The molecule has 0 N–H and O–H groups in total. The van der Waals surface area contributed by atoms with Gasteiger partial charge in [-0.25, -0.2) is 0 Å². The molecule has 0 amide bonds. The Bertz CT molecular complexity index is 445. The Morgan fingerprint density at radius 2 is 1.86 bits per heavy atom. The molecule has 1 heteroatoms. The summed E-state index contributed by atoms with van der Waals surface area (Å²) in [6.45, 7) is 17.5. The molecule has 1 rings (SSSR count). The van der Waals surface area contributed by atoms with Crippen LogP contribution in [0.15, 0.2) is 30.4 Å². The molecule has 0 saturated heterocycles. The van der Waals surface area contributed by atoms with Crippen molar-refractivity contribution in [2.45, 2.75) is 59.3 Å². The van der Waals surface area contributed by atoms with E-state index in [2.05, 4.69) is 76.8 Å². The zero-order valence-electron chi connectivity index (χ0n) is 14.5. The Balaban J connectivity index is 3.25. The number of benzene rings is 1. The Morgan fingerprint density at radius 1 is 1.19 bits per heavy atom. The Morgan fingerprint density at radius 3 is 2.38 bits per heavy atom. The van der Waals surface area contributed by atoms with Crippen molar-refractivity contribution in [3.05, 3.63) is 48.4 Å². The Kier molecular flexibility index (Phi) is 7.56. The molecule has 1 aromatic rings. The molecule has 1 nitrogen and oxygen atoms in total. The average molecular weight is 286 g/mol. The summed E-state index contributed by atoms with van der Waals surface area (Å²) in [6, 6.07) is 6.74. The van der Waals surface area contributed by atoms with Crippen LogP contribution in [0.5, 0.6) is 0 Å². The maximum Gasteiger partial charge on any atom is 0.0410 e. The molecule has 0 saturated carbocycles. The van der Waals surface area contributed by atoms with Gasteiger partial charge in [-0.15, -0.1) is 5.92 Å². The first-order valence-electron chi connectivity index (χ1n) is 8.38. The molecule has 2 atom stereocenters. The fourth-order valence-corrected chi connectivity index (χ4v) is 2.79. The number of hydrogen-bond acceptors (Lipinski definition) is 1. The summed E-state index contributed by atoms with van der Waals surface area (Å²) in [4.78, 5) is 2.53. The smallest absolute Gasteiger partial charge is 0.0410 e. The van der Waals surface area contributed by atoms with Gasteiger partial charge in [-0.05, 0) is 38.2 Å². The molecular formula is C20H32N-. The number of nitrogens with zero attached hydrogens (tertiary/aromatic N) is 1. The maximum atomic E-state index is 4.27. The predicted molar refractivity (Wildman–Crippen MR) is 96.2 cm³/mol. The summed E-state index contributed by atoms with van der Waals surface area (Å²) >= 11 is 0. The molecule has 0 heterocycles. The second-order valence-electron chi connectivity index (χ2n) is 5.93. The van der Waals surface area contributed by atoms with Crippen molar-refractivity contribution in [3.63, 3.8) is 0 Å². The highest BCUT2D eigenvalue weighted by molar-refractivity contribution is 5.62. The monoisotopic (exact) mass is 286 g/mol. The fraction of sp³-hybridized carbons (Fsp3) is 0.550. The summed E-state index contributed by atoms with van der Waals surface area (Å²) in [5.74, 6) is 0.911. The topological polar surface area (TPSA) is 3.24 Å². The van der Waals surface area contributed by atoms with Crippen LogP contribution in [0.3, 0.4) is 0 Å². The minimum absolute atomic E-state index is 0.319. The highest BCUT2D eigenvalue weighted by Gasteiger charge is 2.17. The molecule has 0 spiro atoms. The van der Waals surface area contributed by atoms with Gasteiger partial charge >= 0.3 is 0 Å². The van der Waals surface area contributed by atoms with E-state index >= 15 is 0 Å². The summed E-state index contributed by atoms with van der Waals surface area (Å²) in [5, 5.41) is 0. The van der Waals surface area contributed by atoms with Crippen LogP contribution in [-0.2, 0) is 0 Å². The van der Waals surface area contributed by atoms with Crippen molar-refractivity contribution >= 4 is 5.69 Å². The molecule has 0 aliphatic rings. The van der Waals surface area contributed by atoms with Crippen LogP contribution >= 0.6 is 0 Å². The summed E-state index contributed by atoms with van der Waals surface area (Å²) in [6.07, 6.45) is 6.67. The van der Waals surface area contributed by atoms with Crippen molar-refractivity contribution in [1.29, 1.82) is 0 Å². The fourth-order valence-electron chi connectivity index (χ4n) is 2.79. The lowest BCUT2D eigenvalue weighted by Gasteiger charge is -2.32. The Labute approximate surface area is 132 Å². The van der Waals surface area contributed by atoms with Gasteiger partial charge in [-0.1, -0.05) is 56.7 Å². The molecule has 0 radical (unpaired) electrons. The molecule has 118 valence electrons. The lowest BCUT2D eigenvalue weighted by Crippen LogP contribution is -2.26. The Hall–Kier alpha value is -1.24. The maximum absolute atomic E-state index is 4.27. The van der Waals surface area contributed by atoms with Gasteiger partial charge in [0.15, 0.2) is 0 Å². The first kappa shape index (κ1) is 17.8. The number of para-hydroxylation sites is 1. The van der Waals surface area contributed by atoms with Gasteiger partial charge < -0.3 is 11.8 Å². The van der Waals surface area contributed by atoms with Crippen LogP contribution in [0.1, 0.15) is 70.4 Å². The third-order valence-electron chi connectivity index (χ3n) is 4.27. The minimum atomic E-state index is 0.319. The number of rotatable bonds is 8. The van der Waals surface area contributed by atoms with Gasteiger partial charge in [0.2, 0.25) is 0 Å². The molecular weight excluding hydrogens is 254 g/mol. The predicted octanol–water partition coefficient (Wildman–Crippen LogP) is 5.93. The third kappa shape index (κ3) is 4.62. The van der Waals surface area contributed by atoms with E-state index in [0.717, 1.165) is 19.5 Å². The van der Waals surface area contributed by atoms with Crippen LogP contribution < -0.4 is 4.90 Å². The van der Waals surface area contributed by atoms with Crippen molar-refractivity contribution in [2.24, 2.45) is 0 Å². The second-order valence-corrected chi connectivity index (χ2v) is 5.93. The van der Waals surface area contributed by atoms with E-state index in [0.29, 0.717) is 11.8 Å². The quantitative estimate of drug-likeness (QED) is 0.423. The standard InChI is InChI=1S/C20H32N/c1-7-10-11-15-21(9-3)20-18(16(4)5)13-12-14-19(20)17(6)8-2/h7,10,12-14,16-17H,4,8-9,11,15H2,1-3,5-6H3/q-1/b10-7-. The van der Waals surface area contributed by atoms with E-state index in [9.17, 15) is 0 Å². The van der Waals surface area contributed by atoms with Gasteiger partial charge in [0.05, 0.1) is 0 Å². The first-order chi connectivity index (χ1) is 10.1. The van der Waals surface area contributed by atoms with E-state index in [-0.39, 0.29) is 0 Å². The summed E-state index contributed by atoms with van der Waals surface area (Å²) in [5.41, 5.74) is 4.30. The number of hydrogen-bond donors (Lipinski definition) is 0. The van der Waals surface area contributed by atoms with Crippen molar-refractivity contribution in [3.8, 4) is 0 Å². The van der Waals surface area contributed by atoms with E-state index in [1.54, 1.807) is 0 Å². The van der Waals surface area contributed by atoms with Crippen molar-refractivity contribution < 1.29 is 0 Å². The van der Waals surface area contributed by atoms with Crippen LogP contribution in [-0.4, -0.2) is 13.1 Å². The van der Waals surface area contributed by atoms with Crippen LogP contribution in [0, 0.1) is 6.92 Å². The summed E-state index contributed by atoms with van der Waals surface area (Å²) in [7, 11) is 0. The van der Waals surface area contributed by atoms with Crippen LogP contribution in [0.25, 0.3) is 0 Å². The SMILES string of the molecule is [CH2-]C(C)c1cccc(C(C)CC)c1N(CC)CC/C=C\C. The molecule has 0 aromatic heterocycles. The number of allylic oxidation sites excluding steroid dienone is 1. The largest absolute Gasteiger partial charge is 0.371 e. The lowest BCUT2D eigenvalue weighted by molar-refractivity contribution is 0.715. The summed E-state index contributed by atoms with van der Waals surface area (Å²) < 4.78 is 0. The highest BCUT2D eigenvalue weighted by Crippen LogP contribution is 2.36. The zero-order chi connectivity index (χ0) is 15.8. The highest BCUT2D eigenvalue weighted by atomic mass is 15.1. The van der Waals surface area contributed by atoms with Gasteiger partial charge in [-0.2, -0.15) is 0 Å². The lowest BCUT2D eigenvalue weighted by atomic mass is 9.90. The van der Waals surface area contributed by atoms with Gasteiger partial charge in [0.1, 0.15) is 0 Å². The van der Waals surface area contributed by atoms with E-state index in [4.69, 9.17) is 0 Å². The molecule has 0 aliphatic carbocycles. The first-order valence-corrected chi connectivity index (χ1v) is 8.38.